The Bertz CT molecular complexity index is 564. The highest BCUT2D eigenvalue weighted by Gasteiger charge is 2.14. The normalized spacial score (nSPS) is 12.2. The van der Waals surface area contributed by atoms with E-state index in [0.29, 0.717) is 16.1 Å². The van der Waals surface area contributed by atoms with Gasteiger partial charge in [-0.2, -0.15) is 0 Å². The summed E-state index contributed by atoms with van der Waals surface area (Å²) in [4.78, 5) is 11.9. The van der Waals surface area contributed by atoms with E-state index < -0.39 is 11.9 Å². The summed E-state index contributed by atoms with van der Waals surface area (Å²) in [6, 6.07) is 11.9. The van der Waals surface area contributed by atoms with Crippen molar-refractivity contribution in [3.05, 3.63) is 70.5 Å². The lowest BCUT2D eigenvalue weighted by atomic mass is 10.0. The van der Waals surface area contributed by atoms with Crippen molar-refractivity contribution in [1.82, 2.24) is 0 Å². The summed E-state index contributed by atoms with van der Waals surface area (Å²) in [5, 5.41) is 10.5. The monoisotopic (exact) mass is 278 g/mol. The van der Waals surface area contributed by atoms with Crippen LogP contribution in [-0.4, -0.2) is 10.9 Å². The van der Waals surface area contributed by atoms with Gasteiger partial charge in [-0.05, 0) is 42.0 Å². The van der Waals surface area contributed by atoms with E-state index in [0.717, 1.165) is 0 Å². The molecular weight excluding hydrogens is 267 g/mol. The Morgan fingerprint density at radius 1 is 1.11 bits per heavy atom. The third-order valence-electron chi connectivity index (χ3n) is 2.80. The molecule has 0 bridgehead atoms. The molecule has 0 spiro atoms. The summed E-state index contributed by atoms with van der Waals surface area (Å²) < 4.78 is 12.7. The Labute approximate surface area is 115 Å². The number of aliphatic hydroxyl groups excluding tert-OH is 1. The second-order valence-corrected chi connectivity index (χ2v) is 4.64. The molecule has 2 aromatic carbocycles. The van der Waals surface area contributed by atoms with Gasteiger partial charge in [0.25, 0.3) is 0 Å². The Hall–Kier alpha value is -1.71. The first-order valence-corrected chi connectivity index (χ1v) is 6.16. The molecule has 0 aliphatic heterocycles. The predicted molar refractivity (Wildman–Crippen MR) is 71.8 cm³/mol. The van der Waals surface area contributed by atoms with Crippen molar-refractivity contribution < 1.29 is 14.3 Å². The molecule has 0 saturated heterocycles. The summed E-state index contributed by atoms with van der Waals surface area (Å²) >= 11 is 5.75. The predicted octanol–water partition coefficient (Wildman–Crippen LogP) is 3.79. The molecule has 0 aliphatic carbocycles. The van der Waals surface area contributed by atoms with Crippen LogP contribution in [0.1, 0.15) is 28.4 Å². The number of ketones is 1. The second-order valence-electron chi connectivity index (χ2n) is 4.20. The van der Waals surface area contributed by atoms with E-state index in [1.165, 1.54) is 24.3 Å². The summed E-state index contributed by atoms with van der Waals surface area (Å²) in [6.45, 7) is 0. The van der Waals surface area contributed by atoms with Gasteiger partial charge in [0.15, 0.2) is 5.78 Å². The van der Waals surface area contributed by atoms with Gasteiger partial charge in [0, 0.05) is 17.0 Å². The van der Waals surface area contributed by atoms with Crippen LogP contribution in [0.2, 0.25) is 5.02 Å². The molecule has 0 heterocycles. The number of carbonyl (C=O) groups excluding carboxylic acids is 1. The van der Waals surface area contributed by atoms with Crippen LogP contribution in [0.5, 0.6) is 0 Å². The molecule has 19 heavy (non-hydrogen) atoms. The summed E-state index contributed by atoms with van der Waals surface area (Å²) in [5.74, 6) is -0.628. The molecule has 1 unspecified atom stereocenters. The molecule has 0 aromatic heterocycles. The van der Waals surface area contributed by atoms with Crippen LogP contribution < -0.4 is 0 Å². The van der Waals surface area contributed by atoms with E-state index in [9.17, 15) is 14.3 Å². The Kier molecular flexibility index (Phi) is 4.30. The second kappa shape index (κ2) is 5.95. The average molecular weight is 279 g/mol. The van der Waals surface area contributed by atoms with Gasteiger partial charge in [-0.1, -0.05) is 23.7 Å². The van der Waals surface area contributed by atoms with E-state index >= 15 is 0 Å². The minimum Gasteiger partial charge on any atom is -0.388 e. The lowest BCUT2D eigenvalue weighted by molar-refractivity contribution is 0.0880. The molecule has 1 atom stereocenters. The highest BCUT2D eigenvalue weighted by atomic mass is 35.5. The maximum Gasteiger partial charge on any atom is 0.165 e. The lowest BCUT2D eigenvalue weighted by Crippen LogP contribution is -2.07. The molecule has 2 nitrogen and oxygen atoms in total. The molecule has 2 rings (SSSR count). The minimum atomic E-state index is -0.894. The zero-order chi connectivity index (χ0) is 13.8. The first-order chi connectivity index (χ1) is 9.06. The number of hydrogen-bond acceptors (Lipinski definition) is 2. The first-order valence-electron chi connectivity index (χ1n) is 5.78. The maximum absolute atomic E-state index is 12.7. The molecule has 0 saturated carbocycles. The van der Waals surface area contributed by atoms with Gasteiger partial charge >= 0.3 is 0 Å². The molecule has 0 amide bonds. The van der Waals surface area contributed by atoms with Crippen molar-refractivity contribution in [2.24, 2.45) is 0 Å². The van der Waals surface area contributed by atoms with Gasteiger partial charge in [-0.3, -0.25) is 4.79 Å². The Morgan fingerprint density at radius 2 is 1.68 bits per heavy atom. The number of carbonyl (C=O) groups is 1. The van der Waals surface area contributed by atoms with Gasteiger partial charge in [0.2, 0.25) is 0 Å². The fraction of sp³-hybridized carbons (Fsp3) is 0.133. The number of rotatable bonds is 4. The van der Waals surface area contributed by atoms with Gasteiger partial charge in [-0.25, -0.2) is 4.39 Å². The molecule has 0 aliphatic rings. The van der Waals surface area contributed by atoms with Crippen LogP contribution in [0.3, 0.4) is 0 Å². The summed E-state index contributed by atoms with van der Waals surface area (Å²) in [7, 11) is 0. The fourth-order valence-electron chi connectivity index (χ4n) is 1.73. The third-order valence-corrected chi connectivity index (χ3v) is 3.05. The standard InChI is InChI=1S/C15H12ClFO2/c16-12-5-1-10(2-6-12)14(18)9-15(19)11-3-7-13(17)8-4-11/h1-8,14,18H,9H2. The number of benzene rings is 2. The van der Waals surface area contributed by atoms with Crippen LogP contribution >= 0.6 is 11.6 Å². The zero-order valence-corrected chi connectivity index (χ0v) is 10.8. The van der Waals surface area contributed by atoms with E-state index in [1.807, 2.05) is 0 Å². The number of Topliss-reactive ketones (excluding diaryl/α,β-unsaturated/α-hetero) is 1. The molecule has 4 heteroatoms. The topological polar surface area (TPSA) is 37.3 Å². The number of aliphatic hydroxyl groups is 1. The van der Waals surface area contributed by atoms with E-state index in [1.54, 1.807) is 24.3 Å². The van der Waals surface area contributed by atoms with Crippen molar-refractivity contribution in [3.8, 4) is 0 Å². The number of hydrogen-bond donors (Lipinski definition) is 1. The third kappa shape index (κ3) is 3.63. The van der Waals surface area contributed by atoms with Crippen molar-refractivity contribution in [2.75, 3.05) is 0 Å². The van der Waals surface area contributed by atoms with Gasteiger partial charge in [-0.15, -0.1) is 0 Å². The smallest absolute Gasteiger partial charge is 0.165 e. The van der Waals surface area contributed by atoms with E-state index in [4.69, 9.17) is 11.6 Å². The van der Waals surface area contributed by atoms with Gasteiger partial charge < -0.3 is 5.11 Å². The quantitative estimate of drug-likeness (QED) is 0.864. The van der Waals surface area contributed by atoms with Crippen molar-refractivity contribution in [1.29, 1.82) is 0 Å². The van der Waals surface area contributed by atoms with Gasteiger partial charge in [0.05, 0.1) is 6.10 Å². The summed E-state index contributed by atoms with van der Waals surface area (Å²) in [6.07, 6.45) is -0.942. The van der Waals surface area contributed by atoms with Crippen LogP contribution in [0, 0.1) is 5.82 Å². The Morgan fingerprint density at radius 3 is 2.26 bits per heavy atom. The molecular formula is C15H12ClFO2. The molecule has 0 radical (unpaired) electrons. The Balaban J connectivity index is 2.06. The lowest BCUT2D eigenvalue weighted by Gasteiger charge is -2.10. The van der Waals surface area contributed by atoms with Crippen LogP contribution in [0.25, 0.3) is 0 Å². The number of halogens is 2. The SMILES string of the molecule is O=C(CC(O)c1ccc(Cl)cc1)c1ccc(F)cc1. The molecule has 2 aromatic rings. The zero-order valence-electron chi connectivity index (χ0n) is 10.0. The average Bonchev–Trinajstić information content (AvgIpc) is 2.40. The van der Waals surface area contributed by atoms with Crippen molar-refractivity contribution in [2.45, 2.75) is 12.5 Å². The maximum atomic E-state index is 12.7. The van der Waals surface area contributed by atoms with Crippen molar-refractivity contribution >= 4 is 17.4 Å². The highest BCUT2D eigenvalue weighted by Crippen LogP contribution is 2.21. The first kappa shape index (κ1) is 13.7. The van der Waals surface area contributed by atoms with Crippen LogP contribution in [-0.2, 0) is 0 Å². The molecule has 98 valence electrons. The molecule has 0 fully saturated rings. The van der Waals surface area contributed by atoms with E-state index in [2.05, 4.69) is 0 Å². The van der Waals surface area contributed by atoms with Crippen LogP contribution in [0.4, 0.5) is 4.39 Å². The van der Waals surface area contributed by atoms with Crippen LogP contribution in [0.15, 0.2) is 48.5 Å². The largest absolute Gasteiger partial charge is 0.388 e. The van der Waals surface area contributed by atoms with Crippen molar-refractivity contribution in [3.63, 3.8) is 0 Å². The highest BCUT2D eigenvalue weighted by molar-refractivity contribution is 6.30. The minimum absolute atomic E-state index is 0.0483. The fourth-order valence-corrected chi connectivity index (χ4v) is 1.86. The van der Waals surface area contributed by atoms with Gasteiger partial charge in [0.1, 0.15) is 5.82 Å². The molecule has 1 N–H and O–H groups in total. The van der Waals surface area contributed by atoms with E-state index in [-0.39, 0.29) is 12.2 Å². The summed E-state index contributed by atoms with van der Waals surface area (Å²) in [5.41, 5.74) is 1.01.